The van der Waals surface area contributed by atoms with Crippen LogP contribution in [0.3, 0.4) is 0 Å². The molecule has 1 aliphatic heterocycles. The molecule has 0 spiro atoms. The molecule has 9 nitrogen and oxygen atoms in total. The van der Waals surface area contributed by atoms with Crippen LogP contribution in [-0.4, -0.2) is 41.3 Å². The molecule has 3 heterocycles. The average Bonchev–Trinajstić information content (AvgIpc) is 3.58. The van der Waals surface area contributed by atoms with E-state index >= 15 is 0 Å². The quantitative estimate of drug-likeness (QED) is 0.207. The molecule has 1 saturated heterocycles. The van der Waals surface area contributed by atoms with Crippen LogP contribution in [0.25, 0.3) is 11.0 Å². The van der Waals surface area contributed by atoms with Crippen LogP contribution in [0.2, 0.25) is 0 Å². The van der Waals surface area contributed by atoms with Crippen molar-refractivity contribution in [2.45, 2.75) is 64.7 Å². The van der Waals surface area contributed by atoms with Crippen LogP contribution in [0, 0.1) is 5.92 Å². The number of carbonyl (C=O) groups is 1. The molecular formula is C27H36N3O6P. The third kappa shape index (κ3) is 7.20. The van der Waals surface area contributed by atoms with Gasteiger partial charge in [0.2, 0.25) is 0 Å². The SMILES string of the molecule is CCC(CC)COC(=O)[C@H](C)N[P@](=O)(OC[C@@H]1CC[C@H](c2ccnc3[nH]ccc23)O1)Oc1ccccc1. The number of nitrogens with zero attached hydrogens (tertiary/aromatic N) is 1. The molecule has 10 heteroatoms. The van der Waals surface area contributed by atoms with E-state index in [2.05, 4.69) is 28.9 Å². The molecule has 1 fully saturated rings. The largest absolute Gasteiger partial charge is 0.464 e. The summed E-state index contributed by atoms with van der Waals surface area (Å²) >= 11 is 0. The minimum atomic E-state index is -3.93. The number of hydrogen-bond donors (Lipinski definition) is 2. The van der Waals surface area contributed by atoms with Crippen molar-refractivity contribution in [2.75, 3.05) is 13.2 Å². The van der Waals surface area contributed by atoms with Gasteiger partial charge in [0.25, 0.3) is 0 Å². The molecule has 0 amide bonds. The second kappa shape index (κ2) is 12.7. The van der Waals surface area contributed by atoms with Crippen molar-refractivity contribution < 1.29 is 27.9 Å². The molecule has 2 aromatic heterocycles. The van der Waals surface area contributed by atoms with E-state index in [1.807, 2.05) is 24.4 Å². The molecule has 0 bridgehead atoms. The molecule has 4 rings (SSSR count). The van der Waals surface area contributed by atoms with Gasteiger partial charge in [0.15, 0.2) is 0 Å². The Labute approximate surface area is 217 Å². The van der Waals surface area contributed by atoms with Crippen LogP contribution in [0.1, 0.15) is 58.1 Å². The lowest BCUT2D eigenvalue weighted by Crippen LogP contribution is -2.36. The second-order valence-electron chi connectivity index (χ2n) is 9.33. The van der Waals surface area contributed by atoms with Gasteiger partial charge in [-0.1, -0.05) is 44.9 Å². The Hall–Kier alpha value is -2.71. The molecule has 200 valence electrons. The lowest BCUT2D eigenvalue weighted by Gasteiger charge is -2.24. The van der Waals surface area contributed by atoms with Gasteiger partial charge in [0.1, 0.15) is 17.4 Å². The van der Waals surface area contributed by atoms with E-state index in [1.54, 1.807) is 37.4 Å². The number of esters is 1. The highest BCUT2D eigenvalue weighted by atomic mass is 31.2. The normalized spacial score (nSPS) is 20.1. The van der Waals surface area contributed by atoms with Gasteiger partial charge in [-0.3, -0.25) is 9.32 Å². The minimum Gasteiger partial charge on any atom is -0.464 e. The number of benzene rings is 1. The summed E-state index contributed by atoms with van der Waals surface area (Å²) in [4.78, 5) is 20.1. The van der Waals surface area contributed by atoms with Crippen molar-refractivity contribution in [1.29, 1.82) is 0 Å². The summed E-state index contributed by atoms with van der Waals surface area (Å²) in [5, 5.41) is 3.78. The van der Waals surface area contributed by atoms with E-state index in [1.165, 1.54) is 0 Å². The van der Waals surface area contributed by atoms with Gasteiger partial charge < -0.3 is 19.0 Å². The monoisotopic (exact) mass is 529 g/mol. The minimum absolute atomic E-state index is 0.0461. The first-order valence-corrected chi connectivity index (χ1v) is 14.5. The summed E-state index contributed by atoms with van der Waals surface area (Å²) < 4.78 is 37.1. The Morgan fingerprint density at radius 2 is 1.97 bits per heavy atom. The Balaban J connectivity index is 1.39. The predicted octanol–water partition coefficient (Wildman–Crippen LogP) is 5.94. The van der Waals surface area contributed by atoms with Crippen LogP contribution >= 0.6 is 7.75 Å². The summed E-state index contributed by atoms with van der Waals surface area (Å²) in [6, 6.07) is 11.8. The summed E-state index contributed by atoms with van der Waals surface area (Å²) in [6.07, 6.45) is 6.60. The van der Waals surface area contributed by atoms with Crippen LogP contribution in [-0.2, 0) is 23.4 Å². The van der Waals surface area contributed by atoms with Crippen molar-refractivity contribution in [3.63, 3.8) is 0 Å². The number of para-hydroxylation sites is 1. The molecule has 1 aliphatic rings. The van der Waals surface area contributed by atoms with Gasteiger partial charge >= 0.3 is 13.7 Å². The molecule has 2 N–H and O–H groups in total. The van der Waals surface area contributed by atoms with Gasteiger partial charge in [0, 0.05) is 17.8 Å². The molecule has 4 atom stereocenters. The average molecular weight is 530 g/mol. The zero-order valence-corrected chi connectivity index (χ0v) is 22.5. The molecule has 1 aromatic carbocycles. The lowest BCUT2D eigenvalue weighted by molar-refractivity contribution is -0.146. The molecular weight excluding hydrogens is 493 g/mol. The number of hydrogen-bond acceptors (Lipinski definition) is 7. The number of pyridine rings is 1. The predicted molar refractivity (Wildman–Crippen MR) is 141 cm³/mol. The third-order valence-electron chi connectivity index (χ3n) is 6.67. The number of nitrogens with one attached hydrogen (secondary N) is 2. The summed E-state index contributed by atoms with van der Waals surface area (Å²) in [5.41, 5.74) is 1.88. The number of H-pyrrole nitrogens is 1. The van der Waals surface area contributed by atoms with Gasteiger partial charge in [-0.2, -0.15) is 5.09 Å². The van der Waals surface area contributed by atoms with Crippen molar-refractivity contribution >= 4 is 24.7 Å². The third-order valence-corrected chi connectivity index (χ3v) is 8.31. The lowest BCUT2D eigenvalue weighted by atomic mass is 10.0. The van der Waals surface area contributed by atoms with Gasteiger partial charge in [-0.25, -0.2) is 9.55 Å². The number of fused-ring (bicyclic) bond motifs is 1. The Morgan fingerprint density at radius 1 is 1.19 bits per heavy atom. The maximum Gasteiger partial charge on any atom is 0.459 e. The smallest absolute Gasteiger partial charge is 0.459 e. The molecule has 0 saturated carbocycles. The van der Waals surface area contributed by atoms with Crippen molar-refractivity contribution in [1.82, 2.24) is 15.1 Å². The van der Waals surface area contributed by atoms with E-state index in [-0.39, 0.29) is 18.8 Å². The fourth-order valence-corrected chi connectivity index (χ4v) is 5.87. The molecule has 0 radical (unpaired) electrons. The zero-order valence-electron chi connectivity index (χ0n) is 21.6. The fourth-order valence-electron chi connectivity index (χ4n) is 4.35. The van der Waals surface area contributed by atoms with Crippen LogP contribution < -0.4 is 9.61 Å². The second-order valence-corrected chi connectivity index (χ2v) is 11.0. The van der Waals surface area contributed by atoms with Gasteiger partial charge in [-0.15, -0.1) is 0 Å². The van der Waals surface area contributed by atoms with E-state index < -0.39 is 19.8 Å². The molecule has 0 aliphatic carbocycles. The Morgan fingerprint density at radius 3 is 2.73 bits per heavy atom. The highest BCUT2D eigenvalue weighted by Crippen LogP contribution is 2.46. The van der Waals surface area contributed by atoms with E-state index in [0.29, 0.717) is 18.3 Å². The summed E-state index contributed by atoms with van der Waals surface area (Å²) in [7, 11) is -3.93. The topological polar surface area (TPSA) is 112 Å². The molecule has 37 heavy (non-hydrogen) atoms. The van der Waals surface area contributed by atoms with Crippen LogP contribution in [0.15, 0.2) is 54.9 Å². The highest BCUT2D eigenvalue weighted by molar-refractivity contribution is 7.52. The molecule has 3 aromatic rings. The van der Waals surface area contributed by atoms with Crippen LogP contribution in [0.5, 0.6) is 5.75 Å². The van der Waals surface area contributed by atoms with Crippen molar-refractivity contribution in [3.05, 3.63) is 60.4 Å². The molecule has 0 unspecified atom stereocenters. The van der Waals surface area contributed by atoms with Crippen LogP contribution in [0.4, 0.5) is 0 Å². The summed E-state index contributed by atoms with van der Waals surface area (Å²) in [5.74, 6) is 0.158. The number of rotatable bonds is 13. The summed E-state index contributed by atoms with van der Waals surface area (Å²) in [6.45, 7) is 6.08. The number of aromatic amines is 1. The maximum absolute atomic E-state index is 13.8. The number of carbonyl (C=O) groups excluding carboxylic acids is 1. The number of aromatic nitrogens is 2. The highest BCUT2D eigenvalue weighted by Gasteiger charge is 2.35. The number of ether oxygens (including phenoxy) is 2. The first kappa shape index (κ1) is 27.3. The fraction of sp³-hybridized carbons (Fsp3) is 0.481. The maximum atomic E-state index is 13.8. The van der Waals surface area contributed by atoms with E-state index in [9.17, 15) is 9.36 Å². The van der Waals surface area contributed by atoms with Gasteiger partial charge in [0.05, 0.1) is 25.4 Å². The first-order chi connectivity index (χ1) is 17.9. The van der Waals surface area contributed by atoms with E-state index in [4.69, 9.17) is 18.5 Å². The van der Waals surface area contributed by atoms with Gasteiger partial charge in [-0.05, 0) is 55.5 Å². The van der Waals surface area contributed by atoms with Crippen molar-refractivity contribution in [3.8, 4) is 5.75 Å². The standard InChI is InChI=1S/C27H36N3O6P/c1-4-20(5-2)17-33-27(31)19(3)30-37(32,36-21-9-7-6-8-10-21)34-18-22-11-12-25(35-22)23-13-15-28-26-24(23)14-16-29-26/h6-10,13-16,19-20,22,25H,4-5,11-12,17-18H2,1-3H3,(H,28,29)(H,30,32)/t19-,22-,25+,37-/m0/s1. The Bertz CT molecular complexity index is 1200. The Kier molecular flexibility index (Phi) is 9.38. The first-order valence-electron chi connectivity index (χ1n) is 12.9. The van der Waals surface area contributed by atoms with Crippen molar-refractivity contribution in [2.24, 2.45) is 5.92 Å². The van der Waals surface area contributed by atoms with E-state index in [0.717, 1.165) is 42.3 Å². The zero-order chi connectivity index (χ0) is 26.3.